The van der Waals surface area contributed by atoms with Crippen LogP contribution in [0.5, 0.6) is 11.5 Å². The summed E-state index contributed by atoms with van der Waals surface area (Å²) in [5.41, 5.74) is 2.24. The fourth-order valence-electron chi connectivity index (χ4n) is 3.02. The molecule has 1 amide bonds. The minimum atomic E-state index is -3.71. The zero-order valence-electron chi connectivity index (χ0n) is 17.5. The van der Waals surface area contributed by atoms with E-state index in [0.717, 1.165) is 5.56 Å². The molecule has 0 bridgehead atoms. The molecular weight excluding hydrogens is 416 g/mol. The van der Waals surface area contributed by atoms with Gasteiger partial charge in [-0.25, -0.2) is 8.42 Å². The fraction of sp³-hybridized carbons (Fsp3) is 0.174. The number of rotatable bonds is 8. The molecule has 0 radical (unpaired) electrons. The van der Waals surface area contributed by atoms with Crippen molar-refractivity contribution >= 4 is 21.6 Å². The molecule has 0 aromatic heterocycles. The van der Waals surface area contributed by atoms with Crippen LogP contribution in [0, 0.1) is 6.92 Å². The van der Waals surface area contributed by atoms with Crippen molar-refractivity contribution in [3.05, 3.63) is 83.4 Å². The van der Waals surface area contributed by atoms with Crippen molar-refractivity contribution < 1.29 is 22.7 Å². The number of ether oxygens (including phenoxy) is 2. The first-order valence-corrected chi connectivity index (χ1v) is 11.0. The van der Waals surface area contributed by atoms with Gasteiger partial charge in [0.2, 0.25) is 0 Å². The Morgan fingerprint density at radius 1 is 0.935 bits per heavy atom. The highest BCUT2D eigenvalue weighted by atomic mass is 32.2. The number of hydrogen-bond acceptors (Lipinski definition) is 5. The summed E-state index contributed by atoms with van der Waals surface area (Å²) in [7, 11) is -0.575. The van der Waals surface area contributed by atoms with Crippen molar-refractivity contribution in [2.24, 2.45) is 0 Å². The first-order chi connectivity index (χ1) is 14.8. The first kappa shape index (κ1) is 22.2. The van der Waals surface area contributed by atoms with Crippen molar-refractivity contribution in [3.63, 3.8) is 0 Å². The summed E-state index contributed by atoms with van der Waals surface area (Å²) >= 11 is 0. The normalized spacial score (nSPS) is 10.9. The molecule has 3 rings (SSSR count). The van der Waals surface area contributed by atoms with Crippen LogP contribution in [-0.2, 0) is 16.6 Å². The standard InChI is InChI=1S/C23H24N2O5S/c1-16-13-17(9-11-21(16)25-31(27,28)20-7-5-4-6-8-20)23(26)24-15-18-14-19(29-2)10-12-22(18)30-3/h4-14,25H,15H2,1-3H3,(H,24,26). The summed E-state index contributed by atoms with van der Waals surface area (Å²) in [5.74, 6) is 1.02. The van der Waals surface area contributed by atoms with Crippen LogP contribution in [-0.4, -0.2) is 28.5 Å². The Labute approximate surface area is 182 Å². The summed E-state index contributed by atoms with van der Waals surface area (Å²) in [5, 5.41) is 2.85. The van der Waals surface area contributed by atoms with Gasteiger partial charge in [0, 0.05) is 17.7 Å². The van der Waals surface area contributed by atoms with Crippen molar-refractivity contribution in [2.75, 3.05) is 18.9 Å². The summed E-state index contributed by atoms with van der Waals surface area (Å²) in [4.78, 5) is 12.8. The largest absolute Gasteiger partial charge is 0.497 e. The molecule has 0 aliphatic carbocycles. The van der Waals surface area contributed by atoms with E-state index in [9.17, 15) is 13.2 Å². The number of amides is 1. The smallest absolute Gasteiger partial charge is 0.261 e. The number of anilines is 1. The third-order valence-corrected chi connectivity index (χ3v) is 6.09. The van der Waals surface area contributed by atoms with E-state index in [1.54, 1.807) is 75.7 Å². The highest BCUT2D eigenvalue weighted by molar-refractivity contribution is 7.92. The lowest BCUT2D eigenvalue weighted by Crippen LogP contribution is -2.23. The maximum atomic E-state index is 12.6. The molecule has 0 aliphatic heterocycles. The second-order valence-corrected chi connectivity index (χ2v) is 8.49. The molecule has 0 saturated carbocycles. The lowest BCUT2D eigenvalue weighted by Gasteiger charge is -2.13. The molecule has 3 aromatic carbocycles. The minimum Gasteiger partial charge on any atom is -0.497 e. The number of carbonyl (C=O) groups is 1. The number of nitrogens with one attached hydrogen (secondary N) is 2. The van der Waals surface area contributed by atoms with Crippen LogP contribution in [0.4, 0.5) is 5.69 Å². The second kappa shape index (κ2) is 9.53. The summed E-state index contributed by atoms with van der Waals surface area (Å²) < 4.78 is 38.2. The predicted octanol–water partition coefficient (Wildman–Crippen LogP) is 3.74. The zero-order valence-corrected chi connectivity index (χ0v) is 18.3. The Morgan fingerprint density at radius 3 is 2.32 bits per heavy atom. The molecule has 3 aromatic rings. The molecular formula is C23H24N2O5S. The van der Waals surface area contributed by atoms with Crippen molar-refractivity contribution in [1.82, 2.24) is 5.32 Å². The lowest BCUT2D eigenvalue weighted by atomic mass is 10.1. The van der Waals surface area contributed by atoms with Gasteiger partial charge in [0.1, 0.15) is 11.5 Å². The Bertz CT molecular complexity index is 1180. The highest BCUT2D eigenvalue weighted by Crippen LogP contribution is 2.24. The van der Waals surface area contributed by atoms with E-state index in [2.05, 4.69) is 10.0 Å². The second-order valence-electron chi connectivity index (χ2n) is 6.81. The SMILES string of the molecule is COc1ccc(OC)c(CNC(=O)c2ccc(NS(=O)(=O)c3ccccc3)c(C)c2)c1. The Kier molecular flexibility index (Phi) is 6.81. The van der Waals surface area contributed by atoms with E-state index in [4.69, 9.17) is 9.47 Å². The zero-order chi connectivity index (χ0) is 22.4. The van der Waals surface area contributed by atoms with Gasteiger partial charge in [-0.1, -0.05) is 18.2 Å². The number of benzene rings is 3. The summed E-state index contributed by atoms with van der Waals surface area (Å²) in [6, 6.07) is 18.3. The molecule has 0 spiro atoms. The van der Waals surface area contributed by atoms with Gasteiger partial charge in [0.15, 0.2) is 0 Å². The molecule has 2 N–H and O–H groups in total. The van der Waals surface area contributed by atoms with Gasteiger partial charge in [0.25, 0.3) is 15.9 Å². The molecule has 7 nitrogen and oxygen atoms in total. The van der Waals surface area contributed by atoms with Crippen molar-refractivity contribution in [2.45, 2.75) is 18.4 Å². The third-order valence-electron chi connectivity index (χ3n) is 4.71. The van der Waals surface area contributed by atoms with Gasteiger partial charge in [0.05, 0.1) is 24.8 Å². The molecule has 0 atom stereocenters. The Morgan fingerprint density at radius 2 is 1.68 bits per heavy atom. The quantitative estimate of drug-likeness (QED) is 0.557. The van der Waals surface area contributed by atoms with Crippen LogP contribution in [0.1, 0.15) is 21.5 Å². The third kappa shape index (κ3) is 5.35. The van der Waals surface area contributed by atoms with Crippen LogP contribution in [0.15, 0.2) is 71.6 Å². The van der Waals surface area contributed by atoms with Gasteiger partial charge >= 0.3 is 0 Å². The van der Waals surface area contributed by atoms with Crippen LogP contribution in [0.3, 0.4) is 0 Å². The average molecular weight is 441 g/mol. The number of sulfonamides is 1. The monoisotopic (exact) mass is 440 g/mol. The van der Waals surface area contributed by atoms with Gasteiger partial charge in [-0.2, -0.15) is 0 Å². The molecule has 31 heavy (non-hydrogen) atoms. The van der Waals surface area contributed by atoms with Gasteiger partial charge in [-0.3, -0.25) is 9.52 Å². The van der Waals surface area contributed by atoms with Gasteiger partial charge in [-0.05, 0) is 61.0 Å². The van der Waals surface area contributed by atoms with Crippen LogP contribution in [0.25, 0.3) is 0 Å². The molecule has 0 aliphatic rings. The number of carbonyl (C=O) groups excluding carboxylic acids is 1. The predicted molar refractivity (Wildman–Crippen MR) is 119 cm³/mol. The van der Waals surface area contributed by atoms with Gasteiger partial charge < -0.3 is 14.8 Å². The van der Waals surface area contributed by atoms with E-state index < -0.39 is 10.0 Å². The van der Waals surface area contributed by atoms with Crippen LogP contribution >= 0.6 is 0 Å². The summed E-state index contributed by atoms with van der Waals surface area (Å²) in [6.07, 6.45) is 0. The first-order valence-electron chi connectivity index (χ1n) is 9.51. The van der Waals surface area contributed by atoms with Crippen molar-refractivity contribution in [3.8, 4) is 11.5 Å². The molecule has 0 unspecified atom stereocenters. The lowest BCUT2D eigenvalue weighted by molar-refractivity contribution is 0.0950. The molecule has 0 saturated heterocycles. The molecule has 0 fully saturated rings. The highest BCUT2D eigenvalue weighted by Gasteiger charge is 2.16. The Balaban J connectivity index is 1.72. The maximum absolute atomic E-state index is 12.6. The fourth-order valence-corrected chi connectivity index (χ4v) is 4.17. The van der Waals surface area contributed by atoms with E-state index in [1.165, 1.54) is 12.1 Å². The number of hydrogen-bond donors (Lipinski definition) is 2. The molecule has 8 heteroatoms. The van der Waals surface area contributed by atoms with Crippen LogP contribution < -0.4 is 19.5 Å². The van der Waals surface area contributed by atoms with E-state index in [0.29, 0.717) is 28.3 Å². The van der Waals surface area contributed by atoms with Gasteiger partial charge in [-0.15, -0.1) is 0 Å². The Hall–Kier alpha value is -3.52. The van der Waals surface area contributed by atoms with E-state index in [1.807, 2.05) is 0 Å². The summed E-state index contributed by atoms with van der Waals surface area (Å²) in [6.45, 7) is 1.99. The number of aryl methyl sites for hydroxylation is 1. The molecule has 0 heterocycles. The van der Waals surface area contributed by atoms with Crippen molar-refractivity contribution in [1.29, 1.82) is 0 Å². The number of methoxy groups -OCH3 is 2. The van der Waals surface area contributed by atoms with E-state index >= 15 is 0 Å². The topological polar surface area (TPSA) is 93.7 Å². The maximum Gasteiger partial charge on any atom is 0.261 e. The van der Waals surface area contributed by atoms with Crippen LogP contribution in [0.2, 0.25) is 0 Å². The average Bonchev–Trinajstić information content (AvgIpc) is 2.79. The minimum absolute atomic E-state index is 0.170. The molecule has 162 valence electrons. The van der Waals surface area contributed by atoms with E-state index in [-0.39, 0.29) is 17.3 Å².